The lowest BCUT2D eigenvalue weighted by Crippen LogP contribution is -2.40. The van der Waals surface area contributed by atoms with Crippen LogP contribution in [0.4, 0.5) is 0 Å². The van der Waals surface area contributed by atoms with Crippen LogP contribution in [-0.4, -0.2) is 39.6 Å². The summed E-state index contributed by atoms with van der Waals surface area (Å²) >= 11 is 0. The van der Waals surface area contributed by atoms with Gasteiger partial charge >= 0.3 is 0 Å². The van der Waals surface area contributed by atoms with Crippen molar-refractivity contribution in [3.05, 3.63) is 0 Å². The molecule has 4 heteroatoms. The van der Waals surface area contributed by atoms with E-state index in [1.165, 1.54) is 6.42 Å². The summed E-state index contributed by atoms with van der Waals surface area (Å²) < 4.78 is 10.3. The lowest BCUT2D eigenvalue weighted by Gasteiger charge is -2.21. The molecule has 1 fully saturated rings. The number of hydrogen-bond donors (Lipinski definition) is 2. The van der Waals surface area contributed by atoms with E-state index in [1.54, 1.807) is 14.2 Å². The van der Waals surface area contributed by atoms with Crippen LogP contribution >= 0.6 is 0 Å². The van der Waals surface area contributed by atoms with E-state index >= 15 is 0 Å². The summed E-state index contributed by atoms with van der Waals surface area (Å²) in [5, 5.41) is 3.48. The van der Waals surface area contributed by atoms with Crippen LogP contribution in [0.1, 0.15) is 19.8 Å². The maximum atomic E-state index is 5.70. The van der Waals surface area contributed by atoms with E-state index in [2.05, 4.69) is 12.2 Å². The topological polar surface area (TPSA) is 56.5 Å². The number of nitrogens with one attached hydrogen (secondary N) is 1. The summed E-state index contributed by atoms with van der Waals surface area (Å²) in [6, 6.07) is 0.294. The third kappa shape index (κ3) is 4.47. The second-order valence-corrected chi connectivity index (χ2v) is 4.45. The molecule has 0 radical (unpaired) electrons. The van der Waals surface area contributed by atoms with Gasteiger partial charge in [-0.05, 0) is 24.8 Å². The highest BCUT2D eigenvalue weighted by atomic mass is 16.7. The van der Waals surface area contributed by atoms with Crippen molar-refractivity contribution in [1.29, 1.82) is 0 Å². The Hall–Kier alpha value is -0.160. The van der Waals surface area contributed by atoms with Crippen molar-refractivity contribution in [2.75, 3.05) is 27.3 Å². The summed E-state index contributed by atoms with van der Waals surface area (Å²) in [4.78, 5) is 0. The summed E-state index contributed by atoms with van der Waals surface area (Å²) in [5.74, 6) is 1.74. The molecular formula is C11H24N2O2. The average molecular weight is 216 g/mol. The maximum Gasteiger partial charge on any atom is 0.158 e. The van der Waals surface area contributed by atoms with Gasteiger partial charge in [-0.25, -0.2) is 0 Å². The number of nitrogens with two attached hydrogens (primary N) is 1. The molecule has 0 heterocycles. The largest absolute Gasteiger partial charge is 0.356 e. The fourth-order valence-electron chi connectivity index (χ4n) is 1.79. The summed E-state index contributed by atoms with van der Waals surface area (Å²) in [5.41, 5.74) is 5.70. The summed E-state index contributed by atoms with van der Waals surface area (Å²) in [6.07, 6.45) is 2.01. The molecule has 3 unspecified atom stereocenters. The molecule has 0 aromatic rings. The van der Waals surface area contributed by atoms with E-state index in [0.29, 0.717) is 12.6 Å². The monoisotopic (exact) mass is 216 g/mol. The SMILES string of the molecule is COC(CC(CN)NCC1CC1C)OC. The van der Waals surface area contributed by atoms with E-state index in [0.717, 1.165) is 24.8 Å². The Labute approximate surface area is 92.5 Å². The minimum atomic E-state index is -0.150. The molecule has 0 spiro atoms. The van der Waals surface area contributed by atoms with E-state index in [1.807, 2.05) is 0 Å². The lowest BCUT2D eigenvalue weighted by molar-refractivity contribution is -0.110. The van der Waals surface area contributed by atoms with Crippen molar-refractivity contribution in [2.45, 2.75) is 32.1 Å². The van der Waals surface area contributed by atoms with Crippen molar-refractivity contribution >= 4 is 0 Å². The van der Waals surface area contributed by atoms with Crippen LogP contribution in [0.2, 0.25) is 0 Å². The van der Waals surface area contributed by atoms with Crippen LogP contribution in [0, 0.1) is 11.8 Å². The Kier molecular flexibility index (Phi) is 5.53. The highest BCUT2D eigenvalue weighted by Crippen LogP contribution is 2.36. The van der Waals surface area contributed by atoms with Gasteiger partial charge < -0.3 is 20.5 Å². The molecule has 15 heavy (non-hydrogen) atoms. The van der Waals surface area contributed by atoms with Crippen LogP contribution in [0.5, 0.6) is 0 Å². The van der Waals surface area contributed by atoms with Gasteiger partial charge in [0.2, 0.25) is 0 Å². The fourth-order valence-corrected chi connectivity index (χ4v) is 1.79. The Morgan fingerprint density at radius 2 is 2.00 bits per heavy atom. The molecule has 0 aromatic heterocycles. The van der Waals surface area contributed by atoms with Crippen LogP contribution in [-0.2, 0) is 9.47 Å². The second-order valence-electron chi connectivity index (χ2n) is 4.45. The minimum Gasteiger partial charge on any atom is -0.356 e. The lowest BCUT2D eigenvalue weighted by atomic mass is 10.2. The fraction of sp³-hybridized carbons (Fsp3) is 1.00. The predicted molar refractivity (Wildman–Crippen MR) is 60.5 cm³/mol. The average Bonchev–Trinajstić information content (AvgIpc) is 2.95. The first kappa shape index (κ1) is 12.9. The first-order chi connectivity index (χ1) is 7.21. The van der Waals surface area contributed by atoms with Crippen molar-refractivity contribution in [2.24, 2.45) is 17.6 Å². The zero-order chi connectivity index (χ0) is 11.3. The van der Waals surface area contributed by atoms with Crippen LogP contribution in [0.15, 0.2) is 0 Å². The quantitative estimate of drug-likeness (QED) is 0.582. The predicted octanol–water partition coefficient (Wildman–Crippen LogP) is 0.568. The molecule has 0 saturated heterocycles. The molecular weight excluding hydrogens is 192 g/mol. The number of rotatable bonds is 8. The molecule has 0 amide bonds. The van der Waals surface area contributed by atoms with E-state index in [4.69, 9.17) is 15.2 Å². The highest BCUT2D eigenvalue weighted by molar-refractivity contribution is 4.85. The van der Waals surface area contributed by atoms with Crippen molar-refractivity contribution in [3.8, 4) is 0 Å². The van der Waals surface area contributed by atoms with E-state index in [9.17, 15) is 0 Å². The highest BCUT2D eigenvalue weighted by Gasteiger charge is 2.32. The second kappa shape index (κ2) is 6.43. The molecule has 0 aliphatic heterocycles. The van der Waals surface area contributed by atoms with E-state index < -0.39 is 0 Å². The molecule has 1 aliphatic carbocycles. The van der Waals surface area contributed by atoms with E-state index in [-0.39, 0.29) is 6.29 Å². The summed E-state index contributed by atoms with van der Waals surface area (Å²) in [7, 11) is 3.31. The molecule has 3 atom stereocenters. The zero-order valence-corrected chi connectivity index (χ0v) is 10.0. The number of methoxy groups -OCH3 is 2. The zero-order valence-electron chi connectivity index (χ0n) is 10.0. The standard InChI is InChI=1S/C11H24N2O2/c1-8-4-9(8)7-13-10(6-12)5-11(14-2)15-3/h8-11,13H,4-7,12H2,1-3H3. The van der Waals surface area contributed by atoms with Gasteiger partial charge in [0.25, 0.3) is 0 Å². The van der Waals surface area contributed by atoms with Gasteiger partial charge in [-0.3, -0.25) is 0 Å². The molecule has 90 valence electrons. The molecule has 3 N–H and O–H groups in total. The van der Waals surface area contributed by atoms with Crippen molar-refractivity contribution in [1.82, 2.24) is 5.32 Å². The van der Waals surface area contributed by atoms with Crippen LogP contribution in [0.3, 0.4) is 0 Å². The van der Waals surface area contributed by atoms with Gasteiger partial charge in [-0.15, -0.1) is 0 Å². The van der Waals surface area contributed by atoms with Gasteiger partial charge in [0.05, 0.1) is 0 Å². The van der Waals surface area contributed by atoms with Gasteiger partial charge in [0, 0.05) is 33.2 Å². The first-order valence-corrected chi connectivity index (χ1v) is 5.70. The normalized spacial score (nSPS) is 27.0. The Balaban J connectivity index is 2.16. The Morgan fingerprint density at radius 3 is 2.40 bits per heavy atom. The summed E-state index contributed by atoms with van der Waals surface area (Å²) in [6.45, 7) is 3.99. The number of hydrogen-bond acceptors (Lipinski definition) is 4. The molecule has 1 aliphatic rings. The van der Waals surface area contributed by atoms with Crippen LogP contribution in [0.25, 0.3) is 0 Å². The third-order valence-electron chi connectivity index (χ3n) is 3.23. The first-order valence-electron chi connectivity index (χ1n) is 5.70. The van der Waals surface area contributed by atoms with Crippen molar-refractivity contribution in [3.63, 3.8) is 0 Å². The van der Waals surface area contributed by atoms with Gasteiger partial charge in [-0.1, -0.05) is 6.92 Å². The third-order valence-corrected chi connectivity index (χ3v) is 3.23. The molecule has 0 bridgehead atoms. The molecule has 4 nitrogen and oxygen atoms in total. The smallest absolute Gasteiger partial charge is 0.158 e. The van der Waals surface area contributed by atoms with Gasteiger partial charge in [-0.2, -0.15) is 0 Å². The molecule has 0 aromatic carbocycles. The van der Waals surface area contributed by atoms with Gasteiger partial charge in [0.15, 0.2) is 6.29 Å². The van der Waals surface area contributed by atoms with Crippen LogP contribution < -0.4 is 11.1 Å². The maximum absolute atomic E-state index is 5.70. The van der Waals surface area contributed by atoms with Gasteiger partial charge in [0.1, 0.15) is 0 Å². The molecule has 1 saturated carbocycles. The van der Waals surface area contributed by atoms with Crippen molar-refractivity contribution < 1.29 is 9.47 Å². The Bertz CT molecular complexity index is 174. The number of ether oxygens (including phenoxy) is 2. The minimum absolute atomic E-state index is 0.150. The Morgan fingerprint density at radius 1 is 1.40 bits per heavy atom. The molecule has 1 rings (SSSR count).